The van der Waals surface area contributed by atoms with Gasteiger partial charge in [-0.1, -0.05) is 12.2 Å². The lowest BCUT2D eigenvalue weighted by molar-refractivity contribution is 0.238. The number of nitrogens with zero attached hydrogens (tertiary/aromatic N) is 2. The van der Waals surface area contributed by atoms with Crippen molar-refractivity contribution in [1.82, 2.24) is 20.4 Å². The molecule has 5 nitrogen and oxygen atoms in total. The number of carbonyl (C=O) groups is 1. The van der Waals surface area contributed by atoms with Crippen molar-refractivity contribution in [1.29, 1.82) is 0 Å². The molecule has 1 aliphatic rings. The highest BCUT2D eigenvalue weighted by molar-refractivity contribution is 5.74. The molecule has 1 aromatic rings. The summed E-state index contributed by atoms with van der Waals surface area (Å²) in [6, 6.07) is 2.06. The highest BCUT2D eigenvalue weighted by atomic mass is 16.2. The quantitative estimate of drug-likeness (QED) is 0.791. The minimum Gasteiger partial charge on any atom is -0.338 e. The molecule has 98 valence electrons. The molecule has 0 bridgehead atoms. The maximum absolute atomic E-state index is 11.6. The van der Waals surface area contributed by atoms with E-state index in [-0.39, 0.29) is 12.1 Å². The number of aryl methyl sites for hydroxylation is 1. The van der Waals surface area contributed by atoms with Gasteiger partial charge in [-0.15, -0.1) is 0 Å². The lowest BCUT2D eigenvalue weighted by Crippen LogP contribution is -2.42. The summed E-state index contributed by atoms with van der Waals surface area (Å²) in [5.41, 5.74) is 0.996. The molecule has 1 atom stereocenters. The van der Waals surface area contributed by atoms with Gasteiger partial charge in [0.05, 0.1) is 5.69 Å². The molecular weight excluding hydrogens is 228 g/mol. The third-order valence-electron chi connectivity index (χ3n) is 3.01. The maximum atomic E-state index is 11.6. The average molecular weight is 248 g/mol. The van der Waals surface area contributed by atoms with Crippen LogP contribution < -0.4 is 10.6 Å². The largest absolute Gasteiger partial charge is 0.338 e. The van der Waals surface area contributed by atoms with Gasteiger partial charge in [0.2, 0.25) is 0 Å². The van der Waals surface area contributed by atoms with E-state index in [1.165, 1.54) is 0 Å². The first-order valence-electron chi connectivity index (χ1n) is 6.43. The van der Waals surface area contributed by atoms with Crippen LogP contribution >= 0.6 is 0 Å². The van der Waals surface area contributed by atoms with Gasteiger partial charge in [-0.25, -0.2) is 4.79 Å². The fraction of sp³-hybridized carbons (Fsp3) is 0.538. The van der Waals surface area contributed by atoms with Gasteiger partial charge in [0.1, 0.15) is 0 Å². The summed E-state index contributed by atoms with van der Waals surface area (Å²) < 4.78 is 1.77. The van der Waals surface area contributed by atoms with E-state index < -0.39 is 0 Å². The van der Waals surface area contributed by atoms with Gasteiger partial charge in [-0.05, 0) is 25.3 Å². The van der Waals surface area contributed by atoms with Crippen LogP contribution in [0, 0.1) is 0 Å². The van der Waals surface area contributed by atoms with Crippen molar-refractivity contribution >= 4 is 6.03 Å². The van der Waals surface area contributed by atoms with E-state index in [0.29, 0.717) is 6.54 Å². The first-order chi connectivity index (χ1) is 8.74. The maximum Gasteiger partial charge on any atom is 0.315 e. The second kappa shape index (κ2) is 6.23. The SMILES string of the molecule is Cn1ccc(CCNC(=O)NC2C=CCCC2)n1. The van der Waals surface area contributed by atoms with Crippen molar-refractivity contribution in [2.45, 2.75) is 31.7 Å². The zero-order chi connectivity index (χ0) is 12.8. The Balaban J connectivity index is 1.65. The average Bonchev–Trinajstić information content (AvgIpc) is 2.76. The van der Waals surface area contributed by atoms with Gasteiger partial charge in [0.15, 0.2) is 0 Å². The molecule has 1 aliphatic carbocycles. The smallest absolute Gasteiger partial charge is 0.315 e. The second-order valence-corrected chi connectivity index (χ2v) is 4.60. The zero-order valence-corrected chi connectivity index (χ0v) is 10.7. The minimum absolute atomic E-state index is 0.0949. The van der Waals surface area contributed by atoms with E-state index in [9.17, 15) is 4.79 Å². The second-order valence-electron chi connectivity index (χ2n) is 4.60. The molecule has 0 aliphatic heterocycles. The summed E-state index contributed by atoms with van der Waals surface area (Å²) in [7, 11) is 1.89. The van der Waals surface area contributed by atoms with Gasteiger partial charge in [-0.2, -0.15) is 5.10 Å². The zero-order valence-electron chi connectivity index (χ0n) is 10.7. The summed E-state index contributed by atoms with van der Waals surface area (Å²) in [5, 5.41) is 10.1. The number of nitrogens with one attached hydrogen (secondary N) is 2. The molecule has 2 N–H and O–H groups in total. The van der Waals surface area contributed by atoms with E-state index in [2.05, 4.69) is 27.9 Å². The highest BCUT2D eigenvalue weighted by Gasteiger charge is 2.10. The Labute approximate surface area is 107 Å². The normalized spacial score (nSPS) is 18.6. The molecule has 18 heavy (non-hydrogen) atoms. The fourth-order valence-corrected chi connectivity index (χ4v) is 2.05. The van der Waals surface area contributed by atoms with Crippen molar-refractivity contribution in [3.63, 3.8) is 0 Å². The van der Waals surface area contributed by atoms with E-state index in [1.807, 2.05) is 19.3 Å². The molecule has 0 fully saturated rings. The van der Waals surface area contributed by atoms with E-state index in [1.54, 1.807) is 4.68 Å². The van der Waals surface area contributed by atoms with Crippen LogP contribution in [0.1, 0.15) is 25.0 Å². The summed E-state index contributed by atoms with van der Waals surface area (Å²) in [4.78, 5) is 11.6. The van der Waals surface area contributed by atoms with Gasteiger partial charge >= 0.3 is 6.03 Å². The summed E-state index contributed by atoms with van der Waals surface area (Å²) in [5.74, 6) is 0. The Kier molecular flexibility index (Phi) is 4.39. The predicted molar refractivity (Wildman–Crippen MR) is 70.2 cm³/mol. The summed E-state index contributed by atoms with van der Waals surface area (Å²) in [6.45, 7) is 0.610. The molecular formula is C13H20N4O. The Bertz CT molecular complexity index is 424. The van der Waals surface area contributed by atoms with Crippen LogP contribution in [-0.2, 0) is 13.5 Å². The highest BCUT2D eigenvalue weighted by Crippen LogP contribution is 2.09. The number of urea groups is 1. The molecule has 0 aromatic carbocycles. The summed E-state index contributed by atoms with van der Waals surface area (Å²) >= 11 is 0. The molecule has 0 saturated carbocycles. The minimum atomic E-state index is -0.0949. The number of aromatic nitrogens is 2. The van der Waals surface area contributed by atoms with Gasteiger partial charge in [0.25, 0.3) is 0 Å². The lowest BCUT2D eigenvalue weighted by Gasteiger charge is -2.18. The van der Waals surface area contributed by atoms with Gasteiger partial charge in [-0.3, -0.25) is 4.68 Å². The third kappa shape index (κ3) is 3.91. The van der Waals surface area contributed by atoms with Crippen molar-refractivity contribution in [3.05, 3.63) is 30.1 Å². The Morgan fingerprint density at radius 3 is 3.17 bits per heavy atom. The number of carbonyl (C=O) groups excluding carboxylic acids is 1. The number of amides is 2. The van der Waals surface area contributed by atoms with Crippen LogP contribution in [0.3, 0.4) is 0 Å². The molecule has 0 radical (unpaired) electrons. The van der Waals surface area contributed by atoms with Crippen molar-refractivity contribution in [3.8, 4) is 0 Å². The number of rotatable bonds is 4. The van der Waals surface area contributed by atoms with Crippen LogP contribution in [0.25, 0.3) is 0 Å². The molecule has 2 amide bonds. The van der Waals surface area contributed by atoms with Crippen molar-refractivity contribution in [2.24, 2.45) is 7.05 Å². The van der Waals surface area contributed by atoms with Crippen molar-refractivity contribution in [2.75, 3.05) is 6.54 Å². The molecule has 1 aromatic heterocycles. The van der Waals surface area contributed by atoms with Crippen LogP contribution in [0.2, 0.25) is 0 Å². The molecule has 0 spiro atoms. The number of hydrogen-bond acceptors (Lipinski definition) is 2. The number of allylic oxidation sites excluding steroid dienone is 1. The first kappa shape index (κ1) is 12.7. The van der Waals surface area contributed by atoms with Gasteiger partial charge in [0, 0.05) is 32.3 Å². The predicted octanol–water partition coefficient (Wildman–Crippen LogP) is 1.37. The lowest BCUT2D eigenvalue weighted by atomic mass is 10.0. The molecule has 0 saturated heterocycles. The standard InChI is InChI=1S/C13H20N4O/c1-17-10-8-12(16-17)7-9-14-13(18)15-11-5-3-2-4-6-11/h3,5,8,10-11H,2,4,6-7,9H2,1H3,(H2,14,15,18). The monoisotopic (exact) mass is 248 g/mol. The van der Waals surface area contributed by atoms with Crippen LogP contribution in [0.5, 0.6) is 0 Å². The Hall–Kier alpha value is -1.78. The van der Waals surface area contributed by atoms with Crippen LogP contribution in [0.15, 0.2) is 24.4 Å². The van der Waals surface area contributed by atoms with Crippen LogP contribution in [-0.4, -0.2) is 28.4 Å². The molecule has 5 heteroatoms. The Morgan fingerprint density at radius 1 is 1.61 bits per heavy atom. The Morgan fingerprint density at radius 2 is 2.50 bits per heavy atom. The van der Waals surface area contributed by atoms with E-state index in [4.69, 9.17) is 0 Å². The number of hydrogen-bond donors (Lipinski definition) is 2. The van der Waals surface area contributed by atoms with Crippen molar-refractivity contribution < 1.29 is 4.79 Å². The summed E-state index contributed by atoms with van der Waals surface area (Å²) in [6.07, 6.45) is 10.2. The van der Waals surface area contributed by atoms with E-state index >= 15 is 0 Å². The van der Waals surface area contributed by atoms with Gasteiger partial charge < -0.3 is 10.6 Å². The fourth-order valence-electron chi connectivity index (χ4n) is 2.05. The van der Waals surface area contributed by atoms with Crippen LogP contribution in [0.4, 0.5) is 4.79 Å². The molecule has 2 rings (SSSR count). The third-order valence-corrected chi connectivity index (χ3v) is 3.01. The topological polar surface area (TPSA) is 59.0 Å². The molecule has 1 unspecified atom stereocenters. The first-order valence-corrected chi connectivity index (χ1v) is 6.43. The van der Waals surface area contributed by atoms with E-state index in [0.717, 1.165) is 31.4 Å². The molecule has 1 heterocycles.